The second kappa shape index (κ2) is 7.26. The molecule has 0 aliphatic rings. The first-order valence-corrected chi connectivity index (χ1v) is 5.71. The standard InChI is InChI=1S/C10H18ClN5O/c1-16(2)4-6-17-5-3-13-10-8(12)9(11)14-7-15-10/h7H,3-6,12H2,1-2H3,(H,13,14,15). The molecule has 17 heavy (non-hydrogen) atoms. The number of nitrogens with zero attached hydrogens (tertiary/aromatic N) is 3. The molecule has 3 N–H and O–H groups in total. The molecule has 0 radical (unpaired) electrons. The summed E-state index contributed by atoms with van der Waals surface area (Å²) in [5, 5.41) is 3.30. The van der Waals surface area contributed by atoms with Crippen LogP contribution in [0.1, 0.15) is 0 Å². The zero-order valence-corrected chi connectivity index (χ0v) is 10.9. The molecule has 96 valence electrons. The highest BCUT2D eigenvalue weighted by Crippen LogP contribution is 2.21. The van der Waals surface area contributed by atoms with E-state index in [1.165, 1.54) is 6.33 Å². The van der Waals surface area contributed by atoms with Crippen molar-refractivity contribution in [3.05, 3.63) is 11.5 Å². The van der Waals surface area contributed by atoms with Crippen LogP contribution < -0.4 is 11.1 Å². The number of aromatic nitrogens is 2. The zero-order chi connectivity index (χ0) is 12.7. The first kappa shape index (κ1) is 14.0. The Morgan fingerprint density at radius 2 is 2.18 bits per heavy atom. The Labute approximate surface area is 106 Å². The number of nitrogens with two attached hydrogens (primary N) is 1. The number of hydrogen-bond donors (Lipinski definition) is 2. The first-order chi connectivity index (χ1) is 8.11. The SMILES string of the molecule is CN(C)CCOCCNc1ncnc(Cl)c1N. The number of nitrogens with one attached hydrogen (secondary N) is 1. The van der Waals surface area contributed by atoms with Crippen LogP contribution in [0.2, 0.25) is 5.15 Å². The molecule has 0 aliphatic heterocycles. The van der Waals surface area contributed by atoms with E-state index in [9.17, 15) is 0 Å². The summed E-state index contributed by atoms with van der Waals surface area (Å²) in [6, 6.07) is 0. The lowest BCUT2D eigenvalue weighted by Crippen LogP contribution is -2.20. The van der Waals surface area contributed by atoms with Crippen LogP contribution in [0.5, 0.6) is 0 Å². The Balaban J connectivity index is 2.20. The predicted molar refractivity (Wildman–Crippen MR) is 69.3 cm³/mol. The van der Waals surface area contributed by atoms with Crippen LogP contribution in [0.4, 0.5) is 11.5 Å². The van der Waals surface area contributed by atoms with E-state index in [4.69, 9.17) is 22.1 Å². The third kappa shape index (κ3) is 5.16. The van der Waals surface area contributed by atoms with Crippen molar-refractivity contribution in [3.63, 3.8) is 0 Å². The normalized spacial score (nSPS) is 10.8. The maximum atomic E-state index is 5.76. The molecule has 0 amide bonds. The van der Waals surface area contributed by atoms with Gasteiger partial charge < -0.3 is 20.7 Å². The Kier molecular flexibility index (Phi) is 5.96. The molecule has 0 saturated carbocycles. The number of nitrogen functional groups attached to an aromatic ring is 1. The van der Waals surface area contributed by atoms with Crippen LogP contribution in [0, 0.1) is 0 Å². The van der Waals surface area contributed by atoms with Gasteiger partial charge in [0.15, 0.2) is 11.0 Å². The first-order valence-electron chi connectivity index (χ1n) is 5.33. The van der Waals surface area contributed by atoms with Gasteiger partial charge in [-0.05, 0) is 14.1 Å². The highest BCUT2D eigenvalue weighted by molar-refractivity contribution is 6.32. The van der Waals surface area contributed by atoms with Crippen LogP contribution in [-0.2, 0) is 4.74 Å². The largest absolute Gasteiger partial charge is 0.393 e. The quantitative estimate of drug-likeness (QED) is 0.555. The van der Waals surface area contributed by atoms with E-state index < -0.39 is 0 Å². The van der Waals surface area contributed by atoms with Crippen LogP contribution in [-0.4, -0.2) is 55.3 Å². The fourth-order valence-corrected chi connectivity index (χ4v) is 1.24. The van der Waals surface area contributed by atoms with Crippen molar-refractivity contribution < 1.29 is 4.74 Å². The number of likely N-dealkylation sites (N-methyl/N-ethyl adjacent to an activating group) is 1. The van der Waals surface area contributed by atoms with Crippen LogP contribution in [0.3, 0.4) is 0 Å². The summed E-state index contributed by atoms with van der Waals surface area (Å²) in [6.07, 6.45) is 1.37. The maximum Gasteiger partial charge on any atom is 0.157 e. The lowest BCUT2D eigenvalue weighted by atomic mass is 10.5. The third-order valence-corrected chi connectivity index (χ3v) is 2.36. The fraction of sp³-hybridized carbons (Fsp3) is 0.600. The molecule has 0 unspecified atom stereocenters. The average Bonchev–Trinajstić information content (AvgIpc) is 2.28. The highest BCUT2D eigenvalue weighted by atomic mass is 35.5. The number of halogens is 1. The van der Waals surface area contributed by atoms with Gasteiger partial charge in [-0.2, -0.15) is 0 Å². The van der Waals surface area contributed by atoms with E-state index in [-0.39, 0.29) is 5.15 Å². The smallest absolute Gasteiger partial charge is 0.157 e. The summed E-state index contributed by atoms with van der Waals surface area (Å²) in [7, 11) is 4.01. The minimum absolute atomic E-state index is 0.260. The molecule has 7 heteroatoms. The van der Waals surface area contributed by atoms with Crippen molar-refractivity contribution in [3.8, 4) is 0 Å². The monoisotopic (exact) mass is 259 g/mol. The molecule has 1 aromatic rings. The van der Waals surface area contributed by atoms with Gasteiger partial charge in [0.05, 0.1) is 13.2 Å². The Morgan fingerprint density at radius 3 is 2.88 bits per heavy atom. The molecule has 1 aromatic heterocycles. The van der Waals surface area contributed by atoms with Gasteiger partial charge in [-0.3, -0.25) is 0 Å². The summed E-state index contributed by atoms with van der Waals surface area (Å²) in [6.45, 7) is 2.83. The van der Waals surface area contributed by atoms with Gasteiger partial charge in [-0.1, -0.05) is 11.6 Å². The second-order valence-electron chi connectivity index (χ2n) is 3.77. The van der Waals surface area contributed by atoms with Gasteiger partial charge in [0.2, 0.25) is 0 Å². The molecular formula is C10H18ClN5O. The van der Waals surface area contributed by atoms with Gasteiger partial charge in [-0.15, -0.1) is 0 Å². The summed E-state index contributed by atoms with van der Waals surface area (Å²) < 4.78 is 5.41. The molecule has 0 fully saturated rings. The molecule has 0 aromatic carbocycles. The van der Waals surface area contributed by atoms with Crippen molar-refractivity contribution in [1.82, 2.24) is 14.9 Å². The van der Waals surface area contributed by atoms with E-state index >= 15 is 0 Å². The highest BCUT2D eigenvalue weighted by Gasteiger charge is 2.04. The molecule has 1 heterocycles. The van der Waals surface area contributed by atoms with Crippen molar-refractivity contribution in [2.24, 2.45) is 0 Å². The number of ether oxygens (including phenoxy) is 1. The van der Waals surface area contributed by atoms with E-state index in [0.29, 0.717) is 31.3 Å². The van der Waals surface area contributed by atoms with Gasteiger partial charge in [0.25, 0.3) is 0 Å². The number of anilines is 2. The lowest BCUT2D eigenvalue weighted by molar-refractivity contribution is 0.126. The summed E-state index contributed by atoms with van der Waals surface area (Å²) in [5.74, 6) is 0.543. The topological polar surface area (TPSA) is 76.3 Å². The summed E-state index contributed by atoms with van der Waals surface area (Å²) in [5.41, 5.74) is 6.06. The maximum absolute atomic E-state index is 5.76. The van der Waals surface area contributed by atoms with Crippen LogP contribution in [0.25, 0.3) is 0 Å². The van der Waals surface area contributed by atoms with Crippen molar-refractivity contribution in [1.29, 1.82) is 0 Å². The Hall–Kier alpha value is -1.11. The zero-order valence-electron chi connectivity index (χ0n) is 10.1. The number of hydrogen-bond acceptors (Lipinski definition) is 6. The minimum atomic E-state index is 0.260. The Morgan fingerprint density at radius 1 is 1.41 bits per heavy atom. The fourth-order valence-electron chi connectivity index (χ4n) is 1.11. The van der Waals surface area contributed by atoms with Gasteiger partial charge in [-0.25, -0.2) is 9.97 Å². The van der Waals surface area contributed by atoms with Crippen molar-refractivity contribution in [2.75, 3.05) is 51.4 Å². The van der Waals surface area contributed by atoms with Crippen LogP contribution in [0.15, 0.2) is 6.33 Å². The summed E-state index contributed by atoms with van der Waals surface area (Å²) in [4.78, 5) is 9.82. The van der Waals surface area contributed by atoms with Crippen molar-refractivity contribution in [2.45, 2.75) is 0 Å². The van der Waals surface area contributed by atoms with E-state index in [1.807, 2.05) is 14.1 Å². The van der Waals surface area contributed by atoms with Crippen molar-refractivity contribution >= 4 is 23.1 Å². The van der Waals surface area contributed by atoms with Gasteiger partial charge in [0.1, 0.15) is 12.0 Å². The third-order valence-electron chi connectivity index (χ3n) is 2.06. The summed E-state index contributed by atoms with van der Waals surface area (Å²) >= 11 is 5.76. The van der Waals surface area contributed by atoms with E-state index in [0.717, 1.165) is 6.54 Å². The average molecular weight is 260 g/mol. The molecule has 0 bridgehead atoms. The molecule has 0 saturated heterocycles. The predicted octanol–water partition coefficient (Wildman–Crippen LogP) is 0.702. The second-order valence-corrected chi connectivity index (χ2v) is 4.13. The molecular weight excluding hydrogens is 242 g/mol. The number of rotatable bonds is 7. The minimum Gasteiger partial charge on any atom is -0.393 e. The molecule has 1 rings (SSSR count). The van der Waals surface area contributed by atoms with E-state index in [2.05, 4.69) is 20.2 Å². The van der Waals surface area contributed by atoms with Gasteiger partial charge in [0, 0.05) is 13.1 Å². The van der Waals surface area contributed by atoms with Gasteiger partial charge >= 0.3 is 0 Å². The van der Waals surface area contributed by atoms with E-state index in [1.54, 1.807) is 0 Å². The molecule has 6 nitrogen and oxygen atoms in total. The molecule has 0 aliphatic carbocycles. The lowest BCUT2D eigenvalue weighted by Gasteiger charge is -2.11. The molecule has 0 spiro atoms. The molecule has 0 atom stereocenters. The Bertz CT molecular complexity index is 347. The van der Waals surface area contributed by atoms with Crippen LogP contribution >= 0.6 is 11.6 Å².